The fourth-order valence-corrected chi connectivity index (χ4v) is 4.90. The van der Waals surface area contributed by atoms with Crippen molar-refractivity contribution in [2.45, 2.75) is 51.8 Å². The number of hydrogen-bond acceptors (Lipinski definition) is 3. The molecule has 1 amide bonds. The Labute approximate surface area is 140 Å². The normalized spacial score (nSPS) is 23.0. The van der Waals surface area contributed by atoms with Gasteiger partial charge < -0.3 is 9.64 Å². The van der Waals surface area contributed by atoms with Crippen molar-refractivity contribution in [3.8, 4) is 16.2 Å². The molecular weight excluding hydrogens is 306 g/mol. The Morgan fingerprint density at radius 2 is 1.96 bits per heavy atom. The van der Waals surface area contributed by atoms with Gasteiger partial charge in [0.25, 0.3) is 5.91 Å². The third-order valence-electron chi connectivity index (χ3n) is 4.96. The van der Waals surface area contributed by atoms with Crippen LogP contribution in [0, 0.1) is 0 Å². The molecule has 1 aromatic heterocycles. The molecule has 3 nitrogen and oxygen atoms in total. The van der Waals surface area contributed by atoms with Gasteiger partial charge in [-0.25, -0.2) is 0 Å². The van der Waals surface area contributed by atoms with Crippen LogP contribution in [0.5, 0.6) is 5.75 Å². The maximum atomic E-state index is 13.0. The van der Waals surface area contributed by atoms with Crippen molar-refractivity contribution in [2.75, 3.05) is 0 Å². The molecule has 3 heterocycles. The van der Waals surface area contributed by atoms with E-state index in [4.69, 9.17) is 4.74 Å². The number of amides is 1. The number of hydrogen-bond donors (Lipinski definition) is 0. The van der Waals surface area contributed by atoms with Crippen LogP contribution in [-0.4, -0.2) is 22.9 Å². The van der Waals surface area contributed by atoms with E-state index in [2.05, 4.69) is 24.8 Å². The largest absolute Gasteiger partial charge is 0.488 e. The van der Waals surface area contributed by atoms with Crippen molar-refractivity contribution in [2.24, 2.45) is 0 Å². The summed E-state index contributed by atoms with van der Waals surface area (Å²) in [7, 11) is 0. The van der Waals surface area contributed by atoms with Gasteiger partial charge in [0.2, 0.25) is 0 Å². The fourth-order valence-electron chi connectivity index (χ4n) is 3.75. The molecule has 1 fully saturated rings. The lowest BCUT2D eigenvalue weighted by Crippen LogP contribution is -2.47. The number of ether oxygens (including phenoxy) is 1. The number of carbonyl (C=O) groups is 1. The van der Waals surface area contributed by atoms with Crippen molar-refractivity contribution in [3.05, 3.63) is 40.8 Å². The molecule has 1 aromatic carbocycles. The lowest BCUT2D eigenvalue weighted by atomic mass is 9.97. The third kappa shape index (κ3) is 2.45. The van der Waals surface area contributed by atoms with Gasteiger partial charge in [0.05, 0.1) is 4.88 Å². The molecule has 0 radical (unpaired) electrons. The molecule has 2 aliphatic rings. The van der Waals surface area contributed by atoms with Crippen molar-refractivity contribution in [1.29, 1.82) is 0 Å². The average Bonchev–Trinajstić information content (AvgIpc) is 2.99. The number of carbonyl (C=O) groups excluding carboxylic acids is 1. The van der Waals surface area contributed by atoms with E-state index in [1.165, 1.54) is 11.3 Å². The molecule has 23 heavy (non-hydrogen) atoms. The number of benzene rings is 1. The summed E-state index contributed by atoms with van der Waals surface area (Å²) in [4.78, 5) is 17.2. The van der Waals surface area contributed by atoms with E-state index in [0.717, 1.165) is 34.6 Å². The molecule has 0 bridgehead atoms. The predicted octanol–water partition coefficient (Wildman–Crippen LogP) is 4.71. The van der Waals surface area contributed by atoms with Crippen LogP contribution in [0.15, 0.2) is 30.3 Å². The van der Waals surface area contributed by atoms with Gasteiger partial charge in [0.15, 0.2) is 0 Å². The molecule has 0 unspecified atom stereocenters. The summed E-state index contributed by atoms with van der Waals surface area (Å²) in [5.41, 5.74) is 2.24. The lowest BCUT2D eigenvalue weighted by molar-refractivity contribution is 0.0516. The number of piperidine rings is 1. The zero-order valence-electron chi connectivity index (χ0n) is 13.5. The Morgan fingerprint density at radius 1 is 1.22 bits per heavy atom. The minimum Gasteiger partial charge on any atom is -0.488 e. The van der Waals surface area contributed by atoms with E-state index in [-0.39, 0.29) is 5.91 Å². The zero-order valence-corrected chi connectivity index (χ0v) is 14.4. The fraction of sp³-hybridized carbons (Fsp3) is 0.421. The standard InChI is InChI=1S/C19H21NO2S/c1-12-6-5-7-13(2)20(12)19(21)17-10-14-11-22-16-9-4-3-8-15(16)18(14)23-17/h3-4,8-10,12-13H,5-7,11H2,1-2H3/t12-,13+. The van der Waals surface area contributed by atoms with E-state index < -0.39 is 0 Å². The molecule has 4 heteroatoms. The van der Waals surface area contributed by atoms with Crippen LogP contribution in [0.3, 0.4) is 0 Å². The Hall–Kier alpha value is -1.81. The Kier molecular flexibility index (Phi) is 3.64. The molecule has 0 spiro atoms. The smallest absolute Gasteiger partial charge is 0.264 e. The molecular formula is C19H21NO2S. The highest BCUT2D eigenvalue weighted by Crippen LogP contribution is 2.43. The molecule has 0 saturated carbocycles. The van der Waals surface area contributed by atoms with E-state index >= 15 is 0 Å². The molecule has 4 rings (SSSR count). The number of nitrogens with zero attached hydrogens (tertiary/aromatic N) is 1. The van der Waals surface area contributed by atoms with Gasteiger partial charge in [-0.15, -0.1) is 11.3 Å². The predicted molar refractivity (Wildman–Crippen MR) is 93.0 cm³/mol. The summed E-state index contributed by atoms with van der Waals surface area (Å²) < 4.78 is 5.81. The third-order valence-corrected chi connectivity index (χ3v) is 6.16. The first kappa shape index (κ1) is 14.8. The van der Waals surface area contributed by atoms with E-state index in [0.29, 0.717) is 18.7 Å². The number of fused-ring (bicyclic) bond motifs is 3. The summed E-state index contributed by atoms with van der Waals surface area (Å²) in [6.07, 6.45) is 3.43. The van der Waals surface area contributed by atoms with Crippen LogP contribution in [-0.2, 0) is 6.61 Å². The highest BCUT2D eigenvalue weighted by molar-refractivity contribution is 7.17. The van der Waals surface area contributed by atoms with Crippen molar-refractivity contribution in [3.63, 3.8) is 0 Å². The number of thiophene rings is 1. The Balaban J connectivity index is 1.70. The number of rotatable bonds is 1. The summed E-state index contributed by atoms with van der Waals surface area (Å²) in [6, 6.07) is 10.8. The van der Waals surface area contributed by atoms with Crippen LogP contribution < -0.4 is 4.74 Å². The second kappa shape index (κ2) is 5.68. The Morgan fingerprint density at radius 3 is 2.74 bits per heavy atom. The quantitative estimate of drug-likeness (QED) is 0.759. The van der Waals surface area contributed by atoms with Crippen LogP contribution >= 0.6 is 11.3 Å². The first-order valence-corrected chi connectivity index (χ1v) is 9.14. The molecule has 0 N–H and O–H groups in total. The second-order valence-electron chi connectivity index (χ2n) is 6.59. The molecule has 1 saturated heterocycles. The SMILES string of the molecule is C[C@@H]1CCC[C@H](C)N1C(=O)c1cc2c(s1)-c1ccccc1OC2. The lowest BCUT2D eigenvalue weighted by Gasteiger charge is -2.38. The summed E-state index contributed by atoms with van der Waals surface area (Å²) in [5.74, 6) is 1.10. The highest BCUT2D eigenvalue weighted by atomic mass is 32.1. The molecule has 0 aliphatic carbocycles. The van der Waals surface area contributed by atoms with Gasteiger partial charge in [-0.1, -0.05) is 12.1 Å². The topological polar surface area (TPSA) is 29.5 Å². The van der Waals surface area contributed by atoms with Gasteiger partial charge in [-0.3, -0.25) is 4.79 Å². The van der Waals surface area contributed by atoms with Crippen molar-refractivity contribution >= 4 is 17.2 Å². The monoisotopic (exact) mass is 327 g/mol. The first-order valence-electron chi connectivity index (χ1n) is 8.32. The van der Waals surface area contributed by atoms with Gasteiger partial charge in [-0.2, -0.15) is 0 Å². The average molecular weight is 327 g/mol. The van der Waals surface area contributed by atoms with Crippen LogP contribution in [0.25, 0.3) is 10.4 Å². The van der Waals surface area contributed by atoms with Crippen molar-refractivity contribution in [1.82, 2.24) is 4.90 Å². The zero-order chi connectivity index (χ0) is 16.0. The van der Waals surface area contributed by atoms with Crippen LogP contribution in [0.1, 0.15) is 48.3 Å². The summed E-state index contributed by atoms with van der Waals surface area (Å²) >= 11 is 1.61. The second-order valence-corrected chi connectivity index (χ2v) is 7.64. The number of para-hydroxylation sites is 1. The summed E-state index contributed by atoms with van der Waals surface area (Å²) in [5, 5.41) is 0. The Bertz CT molecular complexity index is 742. The molecule has 120 valence electrons. The maximum absolute atomic E-state index is 13.0. The minimum absolute atomic E-state index is 0.182. The van der Waals surface area contributed by atoms with E-state index in [9.17, 15) is 4.79 Å². The summed E-state index contributed by atoms with van der Waals surface area (Å²) in [6.45, 7) is 4.89. The van der Waals surface area contributed by atoms with Gasteiger partial charge in [0, 0.05) is 28.1 Å². The number of likely N-dealkylation sites (tertiary alicyclic amines) is 1. The minimum atomic E-state index is 0.182. The van der Waals surface area contributed by atoms with E-state index in [1.54, 1.807) is 11.3 Å². The maximum Gasteiger partial charge on any atom is 0.264 e. The van der Waals surface area contributed by atoms with Crippen LogP contribution in [0.4, 0.5) is 0 Å². The molecule has 2 aromatic rings. The van der Waals surface area contributed by atoms with Gasteiger partial charge in [-0.05, 0) is 51.3 Å². The molecule has 2 atom stereocenters. The van der Waals surface area contributed by atoms with E-state index in [1.807, 2.05) is 24.3 Å². The molecule has 2 aliphatic heterocycles. The van der Waals surface area contributed by atoms with Crippen molar-refractivity contribution < 1.29 is 9.53 Å². The highest BCUT2D eigenvalue weighted by Gasteiger charge is 2.32. The van der Waals surface area contributed by atoms with Gasteiger partial charge in [0.1, 0.15) is 12.4 Å². The van der Waals surface area contributed by atoms with Gasteiger partial charge >= 0.3 is 0 Å². The first-order chi connectivity index (χ1) is 11.1. The van der Waals surface area contributed by atoms with Crippen LogP contribution in [0.2, 0.25) is 0 Å².